The predicted molar refractivity (Wildman–Crippen MR) is 66.3 cm³/mol. The molecule has 1 aromatic heterocycles. The molecule has 0 radical (unpaired) electrons. The lowest BCUT2D eigenvalue weighted by Crippen LogP contribution is -2.01. The monoisotopic (exact) mass is 302 g/mol. The van der Waals surface area contributed by atoms with Gasteiger partial charge in [-0.3, -0.25) is 4.79 Å². The Morgan fingerprint density at radius 3 is 2.56 bits per heavy atom. The molecule has 2 N–H and O–H groups in total. The normalized spacial score (nSPS) is 10.9. The third-order valence-electron chi connectivity index (χ3n) is 2.23. The molecule has 0 saturated carbocycles. The van der Waals surface area contributed by atoms with Crippen molar-refractivity contribution in [2.45, 2.75) is 6.42 Å². The summed E-state index contributed by atoms with van der Waals surface area (Å²) in [5.74, 6) is 0.235. The quantitative estimate of drug-likeness (QED) is 0.675. The number of aromatic nitrogens is 2. The molecule has 16 heavy (non-hydrogen) atoms. The van der Waals surface area contributed by atoms with Gasteiger partial charge in [-0.05, 0) is 28.1 Å². The van der Waals surface area contributed by atoms with Gasteiger partial charge in [-0.15, -0.1) is 11.6 Å². The van der Waals surface area contributed by atoms with Crippen molar-refractivity contribution in [3.8, 4) is 0 Å². The van der Waals surface area contributed by atoms with E-state index in [2.05, 4.69) is 25.9 Å². The highest BCUT2D eigenvalue weighted by Crippen LogP contribution is 2.23. The Bertz CT molecular complexity index is 602. The first-order chi connectivity index (χ1) is 7.61. The molecule has 1 aromatic carbocycles. The van der Waals surface area contributed by atoms with Gasteiger partial charge in [0.25, 0.3) is 0 Å². The summed E-state index contributed by atoms with van der Waals surface area (Å²) < 4.78 is 0.658. The van der Waals surface area contributed by atoms with E-state index in [1.807, 2.05) is 0 Å². The van der Waals surface area contributed by atoms with Crippen LogP contribution in [0.4, 0.5) is 0 Å². The van der Waals surface area contributed by atoms with Crippen LogP contribution in [0.25, 0.3) is 11.0 Å². The Balaban J connectivity index is 2.57. The standard InChI is InChI=1S/C10H8BrClN2O2/c11-6-4-8-7(13-10(16)14-8)3-5(6)9(15)1-2-12/h3-4H,1-2H2,(H2,13,14,16). The minimum Gasteiger partial charge on any atom is -0.306 e. The van der Waals surface area contributed by atoms with E-state index >= 15 is 0 Å². The van der Waals surface area contributed by atoms with Crippen LogP contribution >= 0.6 is 27.5 Å². The molecule has 2 rings (SSSR count). The lowest BCUT2D eigenvalue weighted by molar-refractivity contribution is 0.0988. The van der Waals surface area contributed by atoms with Crippen molar-refractivity contribution in [2.75, 3.05) is 5.88 Å². The molecular formula is C10H8BrClN2O2. The molecule has 84 valence electrons. The van der Waals surface area contributed by atoms with Crippen LogP contribution in [0, 0.1) is 0 Å². The molecule has 0 aliphatic carbocycles. The number of fused-ring (bicyclic) bond motifs is 1. The van der Waals surface area contributed by atoms with Crippen LogP contribution in [0.15, 0.2) is 21.4 Å². The van der Waals surface area contributed by atoms with Gasteiger partial charge in [-0.1, -0.05) is 0 Å². The number of carbonyl (C=O) groups excluding carboxylic acids is 1. The molecule has 0 amide bonds. The zero-order chi connectivity index (χ0) is 11.7. The molecular weight excluding hydrogens is 295 g/mol. The van der Waals surface area contributed by atoms with Gasteiger partial charge in [0, 0.05) is 22.3 Å². The van der Waals surface area contributed by atoms with Crippen molar-refractivity contribution >= 4 is 44.3 Å². The number of Topliss-reactive ketones (excluding diaryl/α,β-unsaturated/α-hetero) is 1. The van der Waals surface area contributed by atoms with Gasteiger partial charge in [0.15, 0.2) is 5.78 Å². The van der Waals surface area contributed by atoms with Crippen LogP contribution < -0.4 is 5.69 Å². The second-order valence-corrected chi connectivity index (χ2v) is 4.55. The Hall–Kier alpha value is -1.07. The number of carbonyl (C=O) groups is 1. The number of H-pyrrole nitrogens is 2. The molecule has 0 fully saturated rings. The number of aromatic amines is 2. The van der Waals surface area contributed by atoms with Crippen molar-refractivity contribution in [3.05, 3.63) is 32.7 Å². The fourth-order valence-electron chi connectivity index (χ4n) is 1.49. The summed E-state index contributed by atoms with van der Waals surface area (Å²) >= 11 is 8.82. The van der Waals surface area contributed by atoms with E-state index in [9.17, 15) is 9.59 Å². The predicted octanol–water partition coefficient (Wildman–Crippen LogP) is 2.43. The van der Waals surface area contributed by atoms with Crippen LogP contribution in [0.2, 0.25) is 0 Å². The Labute approximate surface area is 104 Å². The lowest BCUT2D eigenvalue weighted by Gasteiger charge is -2.02. The summed E-state index contributed by atoms with van der Waals surface area (Å²) in [6, 6.07) is 3.35. The first-order valence-corrected chi connectivity index (χ1v) is 5.95. The van der Waals surface area contributed by atoms with Crippen LogP contribution in [0.1, 0.15) is 16.8 Å². The number of benzene rings is 1. The van der Waals surface area contributed by atoms with E-state index in [-0.39, 0.29) is 23.8 Å². The average Bonchev–Trinajstić information content (AvgIpc) is 2.56. The van der Waals surface area contributed by atoms with Crippen molar-refractivity contribution in [1.82, 2.24) is 9.97 Å². The number of hydrogen-bond acceptors (Lipinski definition) is 2. The van der Waals surface area contributed by atoms with Crippen molar-refractivity contribution < 1.29 is 4.79 Å². The van der Waals surface area contributed by atoms with E-state index in [1.54, 1.807) is 12.1 Å². The first-order valence-electron chi connectivity index (χ1n) is 4.62. The third kappa shape index (κ3) is 2.05. The fourth-order valence-corrected chi connectivity index (χ4v) is 2.23. The summed E-state index contributed by atoms with van der Waals surface area (Å²) in [7, 11) is 0. The minimum atomic E-state index is -0.288. The summed E-state index contributed by atoms with van der Waals surface area (Å²) in [6.07, 6.45) is 0.278. The molecule has 0 aliphatic rings. The van der Waals surface area contributed by atoms with Gasteiger partial charge in [0.2, 0.25) is 0 Å². The molecule has 0 bridgehead atoms. The number of rotatable bonds is 3. The molecule has 0 saturated heterocycles. The zero-order valence-corrected chi connectivity index (χ0v) is 10.5. The van der Waals surface area contributed by atoms with E-state index in [0.29, 0.717) is 21.1 Å². The van der Waals surface area contributed by atoms with Crippen LogP contribution in [0.3, 0.4) is 0 Å². The van der Waals surface area contributed by atoms with Crippen LogP contribution in [0.5, 0.6) is 0 Å². The molecule has 2 aromatic rings. The first kappa shape index (κ1) is 11.4. The van der Waals surface area contributed by atoms with Crippen molar-refractivity contribution in [3.63, 3.8) is 0 Å². The van der Waals surface area contributed by atoms with Crippen molar-refractivity contribution in [1.29, 1.82) is 0 Å². The van der Waals surface area contributed by atoms with Gasteiger partial charge in [0.05, 0.1) is 11.0 Å². The van der Waals surface area contributed by atoms with Gasteiger partial charge in [-0.25, -0.2) is 4.79 Å². The number of hydrogen-bond donors (Lipinski definition) is 2. The van der Waals surface area contributed by atoms with Crippen molar-refractivity contribution in [2.24, 2.45) is 0 Å². The average molecular weight is 304 g/mol. The maximum atomic E-state index is 11.7. The zero-order valence-electron chi connectivity index (χ0n) is 8.14. The molecule has 4 nitrogen and oxygen atoms in total. The molecule has 0 spiro atoms. The number of nitrogens with one attached hydrogen (secondary N) is 2. The van der Waals surface area contributed by atoms with Gasteiger partial charge < -0.3 is 9.97 Å². The number of halogens is 2. The Kier molecular flexibility index (Phi) is 3.16. The highest BCUT2D eigenvalue weighted by atomic mass is 79.9. The molecule has 0 atom stereocenters. The van der Waals surface area contributed by atoms with Gasteiger partial charge in [0.1, 0.15) is 0 Å². The Morgan fingerprint density at radius 2 is 1.94 bits per heavy atom. The number of imidazole rings is 1. The highest BCUT2D eigenvalue weighted by molar-refractivity contribution is 9.10. The summed E-state index contributed by atoms with van der Waals surface area (Å²) in [5, 5.41) is 0. The lowest BCUT2D eigenvalue weighted by atomic mass is 10.1. The van der Waals surface area contributed by atoms with E-state index in [0.717, 1.165) is 0 Å². The second kappa shape index (κ2) is 4.43. The number of alkyl halides is 1. The molecule has 0 unspecified atom stereocenters. The molecule has 0 aliphatic heterocycles. The van der Waals surface area contributed by atoms with E-state index in [4.69, 9.17) is 11.6 Å². The fraction of sp³-hybridized carbons (Fsp3) is 0.200. The third-order valence-corrected chi connectivity index (χ3v) is 3.07. The molecule has 1 heterocycles. The Morgan fingerprint density at radius 1 is 1.31 bits per heavy atom. The van der Waals surface area contributed by atoms with Crippen LogP contribution in [-0.2, 0) is 0 Å². The SMILES string of the molecule is O=C(CCCl)c1cc2[nH]c(=O)[nH]c2cc1Br. The van der Waals surface area contributed by atoms with Gasteiger partial charge >= 0.3 is 5.69 Å². The molecule has 6 heteroatoms. The highest BCUT2D eigenvalue weighted by Gasteiger charge is 2.12. The number of ketones is 1. The van der Waals surface area contributed by atoms with Crippen LogP contribution in [-0.4, -0.2) is 21.6 Å². The topological polar surface area (TPSA) is 65.7 Å². The largest absolute Gasteiger partial charge is 0.323 e. The maximum absolute atomic E-state index is 11.7. The second-order valence-electron chi connectivity index (χ2n) is 3.32. The summed E-state index contributed by atoms with van der Waals surface area (Å²) in [6.45, 7) is 0. The minimum absolute atomic E-state index is 0.0502. The smallest absolute Gasteiger partial charge is 0.306 e. The van der Waals surface area contributed by atoms with E-state index in [1.165, 1.54) is 0 Å². The summed E-state index contributed by atoms with van der Waals surface area (Å²) in [4.78, 5) is 28.0. The van der Waals surface area contributed by atoms with Gasteiger partial charge in [-0.2, -0.15) is 0 Å². The summed E-state index contributed by atoms with van der Waals surface area (Å²) in [5.41, 5.74) is 1.53. The van der Waals surface area contributed by atoms with E-state index < -0.39 is 0 Å². The maximum Gasteiger partial charge on any atom is 0.323 e.